The van der Waals surface area contributed by atoms with Gasteiger partial charge in [0.05, 0.1) is 6.54 Å². The van der Waals surface area contributed by atoms with Crippen LogP contribution in [0.3, 0.4) is 0 Å². The van der Waals surface area contributed by atoms with E-state index >= 15 is 0 Å². The lowest BCUT2D eigenvalue weighted by Gasteiger charge is -2.34. The largest absolute Gasteiger partial charge is 0.355 e. The van der Waals surface area contributed by atoms with E-state index in [4.69, 9.17) is 0 Å². The van der Waals surface area contributed by atoms with E-state index in [1.807, 2.05) is 7.05 Å². The van der Waals surface area contributed by atoms with Crippen molar-refractivity contribution in [3.05, 3.63) is 35.9 Å². The molecule has 1 saturated heterocycles. The van der Waals surface area contributed by atoms with Crippen molar-refractivity contribution in [2.24, 2.45) is 0 Å². The van der Waals surface area contributed by atoms with Gasteiger partial charge >= 0.3 is 0 Å². The zero-order valence-electron chi connectivity index (χ0n) is 15.8. The highest BCUT2D eigenvalue weighted by molar-refractivity contribution is 5.77. The molecule has 140 valence electrons. The Hall–Kier alpha value is -1.43. The van der Waals surface area contributed by atoms with E-state index in [1.165, 1.54) is 12.0 Å². The van der Waals surface area contributed by atoms with Crippen LogP contribution in [0.5, 0.6) is 0 Å². The molecule has 0 radical (unpaired) electrons. The van der Waals surface area contributed by atoms with E-state index in [9.17, 15) is 4.79 Å². The van der Waals surface area contributed by atoms with E-state index in [0.717, 1.165) is 52.1 Å². The summed E-state index contributed by atoms with van der Waals surface area (Å²) >= 11 is 0. The van der Waals surface area contributed by atoms with Crippen LogP contribution in [0.1, 0.15) is 31.7 Å². The van der Waals surface area contributed by atoms with Crippen LogP contribution in [-0.4, -0.2) is 68.1 Å². The molecule has 0 bridgehead atoms. The number of hydrogen-bond acceptors (Lipinski definition) is 4. The van der Waals surface area contributed by atoms with E-state index in [1.54, 1.807) is 0 Å². The van der Waals surface area contributed by atoms with Crippen molar-refractivity contribution in [1.82, 2.24) is 20.4 Å². The maximum atomic E-state index is 12.1. The van der Waals surface area contributed by atoms with E-state index in [0.29, 0.717) is 12.6 Å². The van der Waals surface area contributed by atoms with Gasteiger partial charge in [-0.25, -0.2) is 0 Å². The highest BCUT2D eigenvalue weighted by Crippen LogP contribution is 2.08. The van der Waals surface area contributed by atoms with Crippen LogP contribution >= 0.6 is 0 Å². The van der Waals surface area contributed by atoms with Gasteiger partial charge in [-0.05, 0) is 25.5 Å². The number of amides is 1. The fourth-order valence-electron chi connectivity index (χ4n) is 3.37. The van der Waals surface area contributed by atoms with Crippen LogP contribution < -0.4 is 10.6 Å². The van der Waals surface area contributed by atoms with Crippen molar-refractivity contribution in [2.75, 3.05) is 46.3 Å². The number of carbonyl (C=O) groups excluding carboxylic acids is 1. The van der Waals surface area contributed by atoms with Crippen LogP contribution in [0, 0.1) is 0 Å². The number of nitrogens with zero attached hydrogens (tertiary/aromatic N) is 2. The molecule has 1 aliphatic rings. The van der Waals surface area contributed by atoms with Gasteiger partial charge in [-0.2, -0.15) is 0 Å². The van der Waals surface area contributed by atoms with Crippen molar-refractivity contribution >= 4 is 5.91 Å². The van der Waals surface area contributed by atoms with E-state index in [-0.39, 0.29) is 5.91 Å². The Morgan fingerprint density at radius 2 is 1.76 bits per heavy atom. The van der Waals surface area contributed by atoms with Gasteiger partial charge in [-0.15, -0.1) is 0 Å². The van der Waals surface area contributed by atoms with Gasteiger partial charge in [0, 0.05) is 45.3 Å². The second kappa shape index (κ2) is 11.2. The molecule has 0 saturated carbocycles. The Kier molecular flexibility index (Phi) is 8.94. The highest BCUT2D eigenvalue weighted by Gasteiger charge is 2.19. The smallest absolute Gasteiger partial charge is 0.234 e. The van der Waals surface area contributed by atoms with Crippen molar-refractivity contribution in [3.63, 3.8) is 0 Å². The Morgan fingerprint density at radius 1 is 1.08 bits per heavy atom. The lowest BCUT2D eigenvalue weighted by atomic mass is 10.1. The van der Waals surface area contributed by atoms with Crippen LogP contribution in [0.15, 0.2) is 30.3 Å². The fourth-order valence-corrected chi connectivity index (χ4v) is 3.37. The number of benzene rings is 1. The Balaban J connectivity index is 1.60. The normalized spacial score (nSPS) is 17.4. The first-order valence-corrected chi connectivity index (χ1v) is 9.64. The third kappa shape index (κ3) is 7.55. The summed E-state index contributed by atoms with van der Waals surface area (Å²) in [5.74, 6) is 0.155. The van der Waals surface area contributed by atoms with Crippen molar-refractivity contribution in [2.45, 2.75) is 38.8 Å². The summed E-state index contributed by atoms with van der Waals surface area (Å²) in [6.45, 7) is 8.48. The predicted molar refractivity (Wildman–Crippen MR) is 104 cm³/mol. The molecule has 2 rings (SSSR count). The number of nitrogens with one attached hydrogen (secondary N) is 2. The molecule has 2 N–H and O–H groups in total. The highest BCUT2D eigenvalue weighted by atomic mass is 16.2. The summed E-state index contributed by atoms with van der Waals surface area (Å²) in [5, 5.41) is 6.39. The SMILES string of the molecule is CCCC(CCNC(=O)CN1CCN(Cc2ccccc2)CC1)NC. The summed E-state index contributed by atoms with van der Waals surface area (Å²) < 4.78 is 0. The standard InChI is InChI=1S/C20H34N4O/c1-3-7-19(21-2)10-11-22-20(25)17-24-14-12-23(13-15-24)16-18-8-5-4-6-9-18/h4-6,8-9,19,21H,3,7,10-17H2,1-2H3,(H,22,25). The Bertz CT molecular complexity index is 486. The lowest BCUT2D eigenvalue weighted by Crippen LogP contribution is -2.49. The molecule has 25 heavy (non-hydrogen) atoms. The molecule has 5 heteroatoms. The minimum atomic E-state index is 0.155. The first kappa shape index (κ1) is 19.9. The minimum Gasteiger partial charge on any atom is -0.355 e. The van der Waals surface area contributed by atoms with Crippen LogP contribution in [0.4, 0.5) is 0 Å². The second-order valence-corrected chi connectivity index (χ2v) is 6.95. The van der Waals surface area contributed by atoms with Crippen molar-refractivity contribution < 1.29 is 4.79 Å². The van der Waals surface area contributed by atoms with Gasteiger partial charge < -0.3 is 10.6 Å². The van der Waals surface area contributed by atoms with Crippen molar-refractivity contribution in [1.29, 1.82) is 0 Å². The predicted octanol–water partition coefficient (Wildman–Crippen LogP) is 1.70. The van der Waals surface area contributed by atoms with Gasteiger partial charge in [-0.3, -0.25) is 14.6 Å². The number of carbonyl (C=O) groups is 1. The topological polar surface area (TPSA) is 47.6 Å². The summed E-state index contributed by atoms with van der Waals surface area (Å²) in [6.07, 6.45) is 3.34. The third-order valence-corrected chi connectivity index (χ3v) is 4.94. The average Bonchev–Trinajstić information content (AvgIpc) is 2.63. The number of rotatable bonds is 10. The lowest BCUT2D eigenvalue weighted by molar-refractivity contribution is -0.122. The molecule has 1 aromatic rings. The summed E-state index contributed by atoms with van der Waals surface area (Å²) in [6, 6.07) is 11.1. The van der Waals surface area contributed by atoms with E-state index in [2.05, 4.69) is 57.7 Å². The van der Waals surface area contributed by atoms with Gasteiger partial charge in [0.2, 0.25) is 5.91 Å². The maximum absolute atomic E-state index is 12.1. The molecule has 1 aliphatic heterocycles. The molecule has 1 fully saturated rings. The van der Waals surface area contributed by atoms with Gasteiger partial charge in [0.25, 0.3) is 0 Å². The average molecular weight is 347 g/mol. The van der Waals surface area contributed by atoms with Gasteiger partial charge in [0.15, 0.2) is 0 Å². The van der Waals surface area contributed by atoms with E-state index < -0.39 is 0 Å². The second-order valence-electron chi connectivity index (χ2n) is 6.95. The molecule has 1 aromatic carbocycles. The van der Waals surface area contributed by atoms with Crippen LogP contribution in [0.25, 0.3) is 0 Å². The molecule has 1 heterocycles. The number of hydrogen-bond donors (Lipinski definition) is 2. The fraction of sp³-hybridized carbons (Fsp3) is 0.650. The van der Waals surface area contributed by atoms with Gasteiger partial charge in [-0.1, -0.05) is 43.7 Å². The zero-order chi connectivity index (χ0) is 17.9. The molecule has 0 aliphatic carbocycles. The Labute approximate surface area is 152 Å². The molecule has 0 aromatic heterocycles. The first-order chi connectivity index (χ1) is 12.2. The van der Waals surface area contributed by atoms with Crippen molar-refractivity contribution in [3.8, 4) is 0 Å². The molecular formula is C20H34N4O. The minimum absolute atomic E-state index is 0.155. The summed E-state index contributed by atoms with van der Waals surface area (Å²) in [4.78, 5) is 16.9. The molecular weight excluding hydrogens is 312 g/mol. The number of piperazine rings is 1. The van der Waals surface area contributed by atoms with Crippen LogP contribution in [-0.2, 0) is 11.3 Å². The quantitative estimate of drug-likeness (QED) is 0.677. The molecule has 1 unspecified atom stereocenters. The summed E-state index contributed by atoms with van der Waals surface area (Å²) in [7, 11) is 2.00. The van der Waals surface area contributed by atoms with Crippen LogP contribution in [0.2, 0.25) is 0 Å². The molecule has 1 atom stereocenters. The monoisotopic (exact) mass is 346 g/mol. The molecule has 5 nitrogen and oxygen atoms in total. The zero-order valence-corrected chi connectivity index (χ0v) is 15.8. The van der Waals surface area contributed by atoms with Gasteiger partial charge in [0.1, 0.15) is 0 Å². The first-order valence-electron chi connectivity index (χ1n) is 9.64. The third-order valence-electron chi connectivity index (χ3n) is 4.94. The molecule has 1 amide bonds. The Morgan fingerprint density at radius 3 is 2.40 bits per heavy atom. The maximum Gasteiger partial charge on any atom is 0.234 e. The summed E-state index contributed by atoms with van der Waals surface area (Å²) in [5.41, 5.74) is 1.36. The molecule has 0 spiro atoms.